The second-order valence-corrected chi connectivity index (χ2v) is 7.92. The Balaban J connectivity index is 1.58. The molecule has 0 amide bonds. The van der Waals surface area contributed by atoms with Crippen molar-refractivity contribution in [3.05, 3.63) is 35.9 Å². The molecule has 1 spiro atoms. The van der Waals surface area contributed by atoms with Crippen molar-refractivity contribution in [3.8, 4) is 0 Å². The van der Waals surface area contributed by atoms with E-state index < -0.39 is 16.0 Å². The molecule has 1 saturated carbocycles. The zero-order valence-electron chi connectivity index (χ0n) is 11.0. The Morgan fingerprint density at radius 2 is 1.85 bits per heavy atom. The van der Waals surface area contributed by atoms with Gasteiger partial charge in [-0.05, 0) is 23.8 Å². The van der Waals surface area contributed by atoms with Crippen molar-refractivity contribution in [1.82, 2.24) is 4.31 Å². The molecule has 0 bridgehead atoms. The number of rotatable bonds is 4. The van der Waals surface area contributed by atoms with Crippen LogP contribution < -0.4 is 0 Å². The molecular weight excluding hydrogens is 278 g/mol. The van der Waals surface area contributed by atoms with E-state index >= 15 is 0 Å². The third kappa shape index (κ3) is 2.33. The third-order valence-electron chi connectivity index (χ3n) is 4.32. The fourth-order valence-corrected chi connectivity index (χ4v) is 4.93. The minimum Gasteiger partial charge on any atom is -0.481 e. The van der Waals surface area contributed by atoms with Crippen LogP contribution >= 0.6 is 0 Å². The van der Waals surface area contributed by atoms with Crippen molar-refractivity contribution in [2.75, 3.05) is 13.1 Å². The molecule has 1 aliphatic heterocycles. The number of benzene rings is 1. The van der Waals surface area contributed by atoms with E-state index in [1.54, 1.807) is 12.1 Å². The molecule has 3 rings (SSSR count). The van der Waals surface area contributed by atoms with Crippen molar-refractivity contribution >= 4 is 16.0 Å². The Kier molecular flexibility index (Phi) is 3.10. The van der Waals surface area contributed by atoms with Gasteiger partial charge in [-0.3, -0.25) is 4.79 Å². The molecular formula is C14H17NO4S. The Hall–Kier alpha value is -1.40. The van der Waals surface area contributed by atoms with Crippen LogP contribution in [0, 0.1) is 11.3 Å². The first-order valence-corrected chi connectivity index (χ1v) is 8.26. The lowest BCUT2D eigenvalue weighted by atomic mass is 9.58. The van der Waals surface area contributed by atoms with Crippen molar-refractivity contribution < 1.29 is 18.3 Å². The summed E-state index contributed by atoms with van der Waals surface area (Å²) in [5.74, 6) is -1.03. The highest BCUT2D eigenvalue weighted by Crippen LogP contribution is 2.52. The molecule has 1 aromatic carbocycles. The number of nitrogens with zero attached hydrogens (tertiary/aromatic N) is 1. The normalized spacial score (nSPS) is 22.2. The monoisotopic (exact) mass is 295 g/mol. The first-order chi connectivity index (χ1) is 9.40. The number of carboxylic acid groups (broad SMARTS) is 1. The second-order valence-electron chi connectivity index (χ2n) is 5.95. The van der Waals surface area contributed by atoms with Crippen LogP contribution in [0.1, 0.15) is 18.4 Å². The van der Waals surface area contributed by atoms with Gasteiger partial charge >= 0.3 is 5.97 Å². The van der Waals surface area contributed by atoms with Crippen LogP contribution in [0.2, 0.25) is 0 Å². The molecule has 2 aliphatic rings. The van der Waals surface area contributed by atoms with Crippen LogP contribution in [-0.4, -0.2) is 36.9 Å². The maximum Gasteiger partial charge on any atom is 0.306 e. The van der Waals surface area contributed by atoms with E-state index in [4.69, 9.17) is 5.11 Å². The molecule has 5 nitrogen and oxygen atoms in total. The van der Waals surface area contributed by atoms with Crippen molar-refractivity contribution in [2.24, 2.45) is 11.3 Å². The van der Waals surface area contributed by atoms with E-state index in [2.05, 4.69) is 0 Å². The molecule has 1 heterocycles. The molecule has 1 aliphatic carbocycles. The lowest BCUT2D eigenvalue weighted by Gasteiger charge is -2.57. The molecule has 0 unspecified atom stereocenters. The quantitative estimate of drug-likeness (QED) is 0.909. The Labute approximate surface area is 118 Å². The zero-order valence-corrected chi connectivity index (χ0v) is 11.8. The van der Waals surface area contributed by atoms with Crippen LogP contribution in [0.3, 0.4) is 0 Å². The summed E-state index contributed by atoms with van der Waals surface area (Å²) in [4.78, 5) is 10.8. The molecule has 0 aromatic heterocycles. The molecule has 0 atom stereocenters. The topological polar surface area (TPSA) is 74.7 Å². The Morgan fingerprint density at radius 3 is 2.40 bits per heavy atom. The van der Waals surface area contributed by atoms with E-state index in [0.717, 1.165) is 5.56 Å². The molecule has 1 saturated heterocycles. The number of hydrogen-bond donors (Lipinski definition) is 1. The van der Waals surface area contributed by atoms with Gasteiger partial charge in [0.1, 0.15) is 0 Å². The number of carbonyl (C=O) groups is 1. The van der Waals surface area contributed by atoms with Crippen LogP contribution in [0.5, 0.6) is 0 Å². The summed E-state index contributed by atoms with van der Waals surface area (Å²) in [5, 5.41) is 8.87. The third-order valence-corrected chi connectivity index (χ3v) is 6.06. The number of sulfonamides is 1. The summed E-state index contributed by atoms with van der Waals surface area (Å²) in [7, 11) is -3.28. The van der Waals surface area contributed by atoms with Gasteiger partial charge in [0.25, 0.3) is 0 Å². The number of carboxylic acids is 1. The molecule has 1 aromatic rings. The standard InChI is InChI=1S/C14H17NO4S/c16-13(17)12-6-14(7-12)9-15(10-14)20(18,19)8-11-4-2-1-3-5-11/h1-5,12H,6-10H2,(H,16,17). The SMILES string of the molecule is O=C(O)C1CC2(C1)CN(S(=O)(=O)Cc1ccccc1)C2. The van der Waals surface area contributed by atoms with Gasteiger partial charge < -0.3 is 5.11 Å². The molecule has 6 heteroatoms. The number of hydrogen-bond acceptors (Lipinski definition) is 3. The zero-order chi connectivity index (χ0) is 14.4. The lowest BCUT2D eigenvalue weighted by Crippen LogP contribution is -2.64. The highest BCUT2D eigenvalue weighted by atomic mass is 32.2. The van der Waals surface area contributed by atoms with Gasteiger partial charge in [0, 0.05) is 13.1 Å². The van der Waals surface area contributed by atoms with Crippen LogP contribution in [0.4, 0.5) is 0 Å². The summed E-state index contributed by atoms with van der Waals surface area (Å²) in [6, 6.07) is 9.11. The van der Waals surface area contributed by atoms with Crippen molar-refractivity contribution in [2.45, 2.75) is 18.6 Å². The fraction of sp³-hybridized carbons (Fsp3) is 0.500. The van der Waals surface area contributed by atoms with E-state index in [9.17, 15) is 13.2 Å². The van der Waals surface area contributed by atoms with E-state index in [0.29, 0.717) is 25.9 Å². The van der Waals surface area contributed by atoms with Gasteiger partial charge in [-0.25, -0.2) is 12.7 Å². The van der Waals surface area contributed by atoms with E-state index in [1.807, 2.05) is 18.2 Å². The largest absolute Gasteiger partial charge is 0.481 e. The molecule has 20 heavy (non-hydrogen) atoms. The second kappa shape index (κ2) is 4.56. The van der Waals surface area contributed by atoms with Gasteiger partial charge in [0.2, 0.25) is 10.0 Å². The maximum atomic E-state index is 12.2. The molecule has 108 valence electrons. The molecule has 1 N–H and O–H groups in total. The highest BCUT2D eigenvalue weighted by molar-refractivity contribution is 7.88. The summed E-state index contributed by atoms with van der Waals surface area (Å²) in [6.45, 7) is 0.956. The van der Waals surface area contributed by atoms with Crippen molar-refractivity contribution in [1.29, 1.82) is 0 Å². The lowest BCUT2D eigenvalue weighted by molar-refractivity contribution is -0.155. The van der Waals surface area contributed by atoms with Gasteiger partial charge in [0.15, 0.2) is 0 Å². The summed E-state index contributed by atoms with van der Waals surface area (Å²) in [6.07, 6.45) is 1.22. The van der Waals surface area contributed by atoms with Gasteiger partial charge in [0.05, 0.1) is 11.7 Å². The summed E-state index contributed by atoms with van der Waals surface area (Å²) in [5.41, 5.74) is 0.720. The first-order valence-electron chi connectivity index (χ1n) is 6.65. The predicted octanol–water partition coefficient (Wildman–Crippen LogP) is 1.31. The molecule has 0 radical (unpaired) electrons. The minimum absolute atomic E-state index is 0.0201. The highest BCUT2D eigenvalue weighted by Gasteiger charge is 2.57. The average Bonchev–Trinajstić information content (AvgIpc) is 2.24. The molecule has 2 fully saturated rings. The van der Waals surface area contributed by atoms with E-state index in [1.165, 1.54) is 4.31 Å². The maximum absolute atomic E-state index is 12.2. The first kappa shape index (κ1) is 13.6. The Bertz CT molecular complexity index is 612. The predicted molar refractivity (Wildman–Crippen MR) is 73.4 cm³/mol. The van der Waals surface area contributed by atoms with Crippen LogP contribution in [0.15, 0.2) is 30.3 Å². The fourth-order valence-electron chi connectivity index (χ4n) is 3.19. The summed E-state index contributed by atoms with van der Waals surface area (Å²) >= 11 is 0. The van der Waals surface area contributed by atoms with Gasteiger partial charge in [-0.2, -0.15) is 0 Å². The van der Waals surface area contributed by atoms with Gasteiger partial charge in [-0.1, -0.05) is 30.3 Å². The minimum atomic E-state index is -3.28. The average molecular weight is 295 g/mol. The number of aliphatic carboxylic acids is 1. The smallest absolute Gasteiger partial charge is 0.306 e. The van der Waals surface area contributed by atoms with Crippen LogP contribution in [0.25, 0.3) is 0 Å². The van der Waals surface area contributed by atoms with Crippen LogP contribution in [-0.2, 0) is 20.6 Å². The van der Waals surface area contributed by atoms with Gasteiger partial charge in [-0.15, -0.1) is 0 Å². The Morgan fingerprint density at radius 1 is 1.25 bits per heavy atom. The van der Waals surface area contributed by atoms with Crippen molar-refractivity contribution in [3.63, 3.8) is 0 Å². The summed E-state index contributed by atoms with van der Waals surface area (Å²) < 4.78 is 26.0. The van der Waals surface area contributed by atoms with E-state index in [-0.39, 0.29) is 17.1 Å².